The van der Waals surface area contributed by atoms with Crippen molar-refractivity contribution in [2.45, 2.75) is 37.6 Å². The maximum absolute atomic E-state index is 4.60. The van der Waals surface area contributed by atoms with E-state index in [1.54, 1.807) is 11.8 Å². The van der Waals surface area contributed by atoms with Crippen LogP contribution in [0.2, 0.25) is 0 Å². The third kappa shape index (κ3) is 3.50. The SMILES string of the molecule is CCCNCC(C)Sc1nc2ccc(C)cc2[nH]1. The number of fused-ring (bicyclic) bond motifs is 1. The Morgan fingerprint density at radius 1 is 1.44 bits per heavy atom. The van der Waals surface area contributed by atoms with Crippen molar-refractivity contribution >= 4 is 22.8 Å². The number of H-pyrrole nitrogens is 1. The van der Waals surface area contributed by atoms with Crippen LogP contribution in [-0.4, -0.2) is 28.3 Å². The topological polar surface area (TPSA) is 40.7 Å². The highest BCUT2D eigenvalue weighted by atomic mass is 32.2. The molecule has 0 aliphatic heterocycles. The van der Waals surface area contributed by atoms with E-state index in [-0.39, 0.29) is 0 Å². The smallest absolute Gasteiger partial charge is 0.166 e. The number of nitrogens with zero attached hydrogens (tertiary/aromatic N) is 1. The molecule has 1 heterocycles. The van der Waals surface area contributed by atoms with Gasteiger partial charge in [0, 0.05) is 11.8 Å². The maximum atomic E-state index is 4.60. The van der Waals surface area contributed by atoms with Crippen molar-refractivity contribution in [3.05, 3.63) is 23.8 Å². The second kappa shape index (κ2) is 6.25. The van der Waals surface area contributed by atoms with E-state index in [2.05, 4.69) is 54.3 Å². The Morgan fingerprint density at radius 2 is 2.28 bits per heavy atom. The van der Waals surface area contributed by atoms with Gasteiger partial charge in [0.05, 0.1) is 11.0 Å². The average Bonchev–Trinajstić information content (AvgIpc) is 2.70. The number of hydrogen-bond acceptors (Lipinski definition) is 3. The fraction of sp³-hybridized carbons (Fsp3) is 0.500. The van der Waals surface area contributed by atoms with E-state index in [1.165, 1.54) is 12.0 Å². The highest BCUT2D eigenvalue weighted by Gasteiger charge is 2.08. The van der Waals surface area contributed by atoms with Gasteiger partial charge >= 0.3 is 0 Å². The molecule has 0 fully saturated rings. The molecule has 18 heavy (non-hydrogen) atoms. The van der Waals surface area contributed by atoms with E-state index < -0.39 is 0 Å². The lowest BCUT2D eigenvalue weighted by Gasteiger charge is -2.09. The molecule has 1 unspecified atom stereocenters. The lowest BCUT2D eigenvalue weighted by Crippen LogP contribution is -2.23. The van der Waals surface area contributed by atoms with Crippen LogP contribution < -0.4 is 5.32 Å². The minimum atomic E-state index is 0.526. The first kappa shape index (κ1) is 13.4. The van der Waals surface area contributed by atoms with Gasteiger partial charge in [-0.15, -0.1) is 0 Å². The molecule has 0 spiro atoms. The molecule has 0 aliphatic rings. The highest BCUT2D eigenvalue weighted by Crippen LogP contribution is 2.23. The van der Waals surface area contributed by atoms with Gasteiger partial charge in [-0.3, -0.25) is 0 Å². The number of benzene rings is 1. The Kier molecular flexibility index (Phi) is 4.66. The monoisotopic (exact) mass is 263 g/mol. The molecule has 0 bridgehead atoms. The van der Waals surface area contributed by atoms with E-state index in [9.17, 15) is 0 Å². The van der Waals surface area contributed by atoms with Crippen LogP contribution in [0.1, 0.15) is 25.8 Å². The van der Waals surface area contributed by atoms with Crippen LogP contribution in [0.25, 0.3) is 11.0 Å². The van der Waals surface area contributed by atoms with Gasteiger partial charge in [0.2, 0.25) is 0 Å². The number of aromatic nitrogens is 2. The lowest BCUT2D eigenvalue weighted by atomic mass is 10.2. The molecule has 1 atom stereocenters. The van der Waals surface area contributed by atoms with Crippen molar-refractivity contribution in [3.8, 4) is 0 Å². The van der Waals surface area contributed by atoms with Crippen molar-refractivity contribution in [2.24, 2.45) is 0 Å². The van der Waals surface area contributed by atoms with E-state index >= 15 is 0 Å². The largest absolute Gasteiger partial charge is 0.333 e. The molecule has 0 amide bonds. The van der Waals surface area contributed by atoms with Crippen molar-refractivity contribution in [1.82, 2.24) is 15.3 Å². The molecule has 2 aromatic rings. The number of thioether (sulfide) groups is 1. The zero-order valence-electron chi connectivity index (χ0n) is 11.3. The molecule has 0 aliphatic carbocycles. The van der Waals surface area contributed by atoms with Crippen LogP contribution in [0, 0.1) is 6.92 Å². The number of rotatable bonds is 6. The summed E-state index contributed by atoms with van der Waals surface area (Å²) in [4.78, 5) is 7.98. The van der Waals surface area contributed by atoms with Gasteiger partial charge in [-0.25, -0.2) is 4.98 Å². The first-order valence-electron chi connectivity index (χ1n) is 6.52. The van der Waals surface area contributed by atoms with Crippen molar-refractivity contribution < 1.29 is 0 Å². The summed E-state index contributed by atoms with van der Waals surface area (Å²) < 4.78 is 0. The molecule has 1 aromatic heterocycles. The zero-order valence-corrected chi connectivity index (χ0v) is 12.1. The summed E-state index contributed by atoms with van der Waals surface area (Å²) in [7, 11) is 0. The molecule has 0 saturated heterocycles. The summed E-state index contributed by atoms with van der Waals surface area (Å²) >= 11 is 1.80. The van der Waals surface area contributed by atoms with Crippen LogP contribution >= 0.6 is 11.8 Å². The molecule has 2 rings (SSSR count). The van der Waals surface area contributed by atoms with Crippen LogP contribution in [0.5, 0.6) is 0 Å². The van der Waals surface area contributed by atoms with Crippen molar-refractivity contribution in [2.75, 3.05) is 13.1 Å². The van der Waals surface area contributed by atoms with Gasteiger partial charge in [-0.1, -0.05) is 31.7 Å². The van der Waals surface area contributed by atoms with Gasteiger partial charge < -0.3 is 10.3 Å². The Hall–Kier alpha value is -1.00. The van der Waals surface area contributed by atoms with Crippen LogP contribution in [0.15, 0.2) is 23.4 Å². The Morgan fingerprint density at radius 3 is 3.06 bits per heavy atom. The van der Waals surface area contributed by atoms with Crippen LogP contribution in [0.3, 0.4) is 0 Å². The van der Waals surface area contributed by atoms with Crippen molar-refractivity contribution in [1.29, 1.82) is 0 Å². The van der Waals surface area contributed by atoms with Crippen molar-refractivity contribution in [3.63, 3.8) is 0 Å². The fourth-order valence-corrected chi connectivity index (χ4v) is 2.77. The third-order valence-corrected chi connectivity index (χ3v) is 3.77. The maximum Gasteiger partial charge on any atom is 0.166 e. The summed E-state index contributed by atoms with van der Waals surface area (Å²) in [5, 5.41) is 4.98. The summed E-state index contributed by atoms with van der Waals surface area (Å²) in [6.07, 6.45) is 1.18. The molecule has 0 radical (unpaired) electrons. The molecule has 3 nitrogen and oxygen atoms in total. The second-order valence-electron chi connectivity index (χ2n) is 4.70. The first-order chi connectivity index (χ1) is 8.69. The summed E-state index contributed by atoms with van der Waals surface area (Å²) in [6, 6.07) is 6.32. The minimum Gasteiger partial charge on any atom is -0.333 e. The summed E-state index contributed by atoms with van der Waals surface area (Å²) in [6.45, 7) is 8.63. The minimum absolute atomic E-state index is 0.526. The van der Waals surface area contributed by atoms with Gasteiger partial charge in [0.1, 0.15) is 0 Å². The normalized spacial score (nSPS) is 13.1. The number of aryl methyl sites for hydroxylation is 1. The van der Waals surface area contributed by atoms with Gasteiger partial charge in [-0.2, -0.15) is 0 Å². The number of hydrogen-bond donors (Lipinski definition) is 2. The molecule has 2 N–H and O–H groups in total. The highest BCUT2D eigenvalue weighted by molar-refractivity contribution is 7.99. The first-order valence-corrected chi connectivity index (χ1v) is 7.40. The molecular formula is C14H21N3S. The van der Waals surface area contributed by atoms with Crippen LogP contribution in [-0.2, 0) is 0 Å². The Bertz CT molecular complexity index is 507. The molecular weight excluding hydrogens is 242 g/mol. The Labute approximate surface area is 113 Å². The standard InChI is InChI=1S/C14H21N3S/c1-4-7-15-9-11(3)18-14-16-12-6-5-10(2)8-13(12)17-14/h5-6,8,11,15H,4,7,9H2,1-3H3,(H,16,17). The quantitative estimate of drug-likeness (QED) is 0.620. The molecule has 4 heteroatoms. The van der Waals surface area contributed by atoms with Gasteiger partial charge in [0.25, 0.3) is 0 Å². The zero-order chi connectivity index (χ0) is 13.0. The summed E-state index contributed by atoms with van der Waals surface area (Å²) in [5.41, 5.74) is 3.45. The average molecular weight is 263 g/mol. The Balaban J connectivity index is 1.98. The van der Waals surface area contributed by atoms with E-state index in [4.69, 9.17) is 0 Å². The summed E-state index contributed by atoms with van der Waals surface area (Å²) in [5.74, 6) is 0. The second-order valence-corrected chi connectivity index (χ2v) is 6.12. The predicted octanol–water partition coefficient (Wildman–Crippen LogP) is 3.35. The lowest BCUT2D eigenvalue weighted by molar-refractivity contribution is 0.668. The fourth-order valence-electron chi connectivity index (χ4n) is 1.87. The van der Waals surface area contributed by atoms with E-state index in [1.807, 2.05) is 0 Å². The van der Waals surface area contributed by atoms with E-state index in [0.29, 0.717) is 5.25 Å². The molecule has 0 saturated carbocycles. The van der Waals surface area contributed by atoms with Crippen LogP contribution in [0.4, 0.5) is 0 Å². The number of nitrogens with one attached hydrogen (secondary N) is 2. The number of imidazole rings is 1. The number of aromatic amines is 1. The van der Waals surface area contributed by atoms with Gasteiger partial charge in [-0.05, 0) is 37.6 Å². The van der Waals surface area contributed by atoms with E-state index in [0.717, 1.165) is 29.3 Å². The van der Waals surface area contributed by atoms with Gasteiger partial charge in [0.15, 0.2) is 5.16 Å². The predicted molar refractivity (Wildman–Crippen MR) is 79.3 cm³/mol. The molecule has 1 aromatic carbocycles. The third-order valence-electron chi connectivity index (χ3n) is 2.79. The molecule has 98 valence electrons.